The van der Waals surface area contributed by atoms with E-state index < -0.39 is 0 Å². The minimum atomic E-state index is -0.137. The first-order chi connectivity index (χ1) is 20.5. The molecule has 3 nitrogen and oxygen atoms in total. The maximum absolute atomic E-state index is 11.7. The first-order valence-electron chi connectivity index (χ1n) is 16.1. The Morgan fingerprint density at radius 1 is 0.795 bits per heavy atom. The summed E-state index contributed by atoms with van der Waals surface area (Å²) in [6.07, 6.45) is 4.91. The van der Waals surface area contributed by atoms with Gasteiger partial charge < -0.3 is 5.11 Å². The number of hydrogen-bond acceptors (Lipinski definition) is 3. The standard InChI is InChI=1S/C27H22N.C13H24O2.Ir/c1-26(2)18-11-7-10-17-23(18)24-19(26)12-8-13-20(24)27(3,4)21-15-16-9-5-6-14-22(16)28-25(17)21;1-5-10(6-2)12(14)9-13(15)11(7-3)8-4;/h5-9,11-15H,1-4H3;9-11,14H,5-8H2,1-4H3;/q-1;;/b;12-9-;. The van der Waals surface area contributed by atoms with Gasteiger partial charge in [-0.2, -0.15) is 0 Å². The van der Waals surface area contributed by atoms with Gasteiger partial charge in [0, 0.05) is 43.4 Å². The van der Waals surface area contributed by atoms with Crippen molar-refractivity contribution in [2.45, 2.75) is 91.9 Å². The third-order valence-electron chi connectivity index (χ3n) is 10.0. The molecule has 4 aromatic rings. The Labute approximate surface area is 277 Å². The molecule has 2 aliphatic rings. The molecule has 1 radical (unpaired) electrons. The average Bonchev–Trinajstić information content (AvgIpc) is 3.20. The molecule has 0 saturated carbocycles. The summed E-state index contributed by atoms with van der Waals surface area (Å²) in [6.45, 7) is 17.4. The molecule has 0 saturated heterocycles. The van der Waals surface area contributed by atoms with Gasteiger partial charge in [-0.1, -0.05) is 115 Å². The van der Waals surface area contributed by atoms with Crippen molar-refractivity contribution in [2.75, 3.05) is 0 Å². The maximum Gasteiger partial charge on any atom is 0.162 e. The van der Waals surface area contributed by atoms with Gasteiger partial charge in [-0.15, -0.1) is 29.3 Å². The Kier molecular flexibility index (Phi) is 10.1. The van der Waals surface area contributed by atoms with Crippen LogP contribution in [0, 0.1) is 17.9 Å². The second-order valence-electron chi connectivity index (χ2n) is 13.2. The van der Waals surface area contributed by atoms with E-state index >= 15 is 0 Å². The van der Waals surface area contributed by atoms with Crippen molar-refractivity contribution >= 4 is 16.7 Å². The van der Waals surface area contributed by atoms with Crippen LogP contribution < -0.4 is 0 Å². The molecule has 0 bridgehead atoms. The van der Waals surface area contributed by atoms with Gasteiger partial charge in [0.15, 0.2) is 5.78 Å². The molecule has 1 heterocycles. The number of aliphatic hydroxyl groups is 1. The summed E-state index contributed by atoms with van der Waals surface area (Å²) < 4.78 is 0. The zero-order chi connectivity index (χ0) is 31.1. The van der Waals surface area contributed by atoms with Crippen molar-refractivity contribution in [3.63, 3.8) is 0 Å². The molecule has 0 atom stereocenters. The third kappa shape index (κ3) is 5.61. The molecule has 1 aromatic heterocycles. The summed E-state index contributed by atoms with van der Waals surface area (Å²) >= 11 is 0. The fourth-order valence-electron chi connectivity index (χ4n) is 7.18. The van der Waals surface area contributed by atoms with Gasteiger partial charge >= 0.3 is 0 Å². The van der Waals surface area contributed by atoms with Crippen LogP contribution in [0.4, 0.5) is 0 Å². The molecule has 2 aliphatic carbocycles. The zero-order valence-corrected chi connectivity index (χ0v) is 29.9. The van der Waals surface area contributed by atoms with Crippen molar-refractivity contribution in [1.82, 2.24) is 4.98 Å². The summed E-state index contributed by atoms with van der Waals surface area (Å²) in [5.41, 5.74) is 11.4. The molecule has 4 heteroatoms. The van der Waals surface area contributed by atoms with Crippen molar-refractivity contribution < 1.29 is 30.0 Å². The van der Waals surface area contributed by atoms with Crippen molar-refractivity contribution in [3.8, 4) is 22.4 Å². The normalized spacial score (nSPS) is 15.2. The molecular formula is C40H46IrNO2-. The van der Waals surface area contributed by atoms with Gasteiger partial charge in [-0.3, -0.25) is 9.78 Å². The van der Waals surface area contributed by atoms with E-state index in [1.54, 1.807) is 0 Å². The first-order valence-corrected chi connectivity index (χ1v) is 16.1. The van der Waals surface area contributed by atoms with E-state index in [9.17, 15) is 9.90 Å². The predicted octanol–water partition coefficient (Wildman–Crippen LogP) is 10.5. The number of aromatic nitrogens is 1. The molecule has 0 amide bonds. The molecule has 0 unspecified atom stereocenters. The van der Waals surface area contributed by atoms with E-state index in [0.29, 0.717) is 0 Å². The van der Waals surface area contributed by atoms with Crippen molar-refractivity contribution in [3.05, 3.63) is 101 Å². The van der Waals surface area contributed by atoms with E-state index in [2.05, 4.69) is 94.4 Å². The molecular weight excluding hydrogens is 719 g/mol. The number of benzene rings is 3. The quantitative estimate of drug-likeness (QED) is 0.116. The van der Waals surface area contributed by atoms with Gasteiger partial charge in [-0.25, -0.2) is 0 Å². The first kappa shape index (κ1) is 33.8. The molecule has 0 fully saturated rings. The monoisotopic (exact) mass is 765 g/mol. The molecule has 3 aromatic carbocycles. The van der Waals surface area contributed by atoms with Crippen LogP contribution in [0.1, 0.15) is 103 Å². The third-order valence-corrected chi connectivity index (χ3v) is 10.0. The summed E-state index contributed by atoms with van der Waals surface area (Å²) in [4.78, 5) is 16.9. The Hall–Kier alpha value is -3.07. The number of fused-ring (bicyclic) bond motifs is 3. The van der Waals surface area contributed by atoms with Gasteiger partial charge in [0.1, 0.15) is 0 Å². The van der Waals surface area contributed by atoms with E-state index in [1.807, 2.05) is 27.7 Å². The van der Waals surface area contributed by atoms with E-state index in [4.69, 9.17) is 4.98 Å². The summed E-state index contributed by atoms with van der Waals surface area (Å²) in [6, 6.07) is 25.5. The number of allylic oxidation sites excluding steroid dienone is 2. The van der Waals surface area contributed by atoms with E-state index in [-0.39, 0.29) is 54.3 Å². The maximum atomic E-state index is 11.7. The van der Waals surface area contributed by atoms with Crippen molar-refractivity contribution in [2.24, 2.45) is 11.8 Å². The SMILES string of the molecule is CC1(C)c2cc3ccccc3nc2-c2[c-]ccc3c2-c2c1cccc2C3(C)C.CCC(CC)C(=O)/C=C(\O)C(CC)CC.[Ir]. The van der Waals surface area contributed by atoms with Crippen LogP contribution in [0.15, 0.2) is 72.5 Å². The predicted molar refractivity (Wildman–Crippen MR) is 180 cm³/mol. The molecule has 44 heavy (non-hydrogen) atoms. The Bertz CT molecular complexity index is 1710. The summed E-state index contributed by atoms with van der Waals surface area (Å²) in [7, 11) is 0. The van der Waals surface area contributed by atoms with Crippen LogP contribution in [0.2, 0.25) is 0 Å². The van der Waals surface area contributed by atoms with Crippen LogP contribution in [-0.4, -0.2) is 15.9 Å². The molecule has 6 rings (SSSR count). The number of ketones is 1. The van der Waals surface area contributed by atoms with Gasteiger partial charge in [0.25, 0.3) is 0 Å². The topological polar surface area (TPSA) is 50.2 Å². The number of pyridine rings is 1. The minimum absolute atomic E-state index is 0. The number of aliphatic hydroxyl groups excluding tert-OH is 1. The van der Waals surface area contributed by atoms with Crippen LogP contribution in [0.3, 0.4) is 0 Å². The zero-order valence-electron chi connectivity index (χ0n) is 27.5. The second-order valence-corrected chi connectivity index (χ2v) is 13.2. The number of hydrogen-bond donors (Lipinski definition) is 1. The van der Waals surface area contributed by atoms with E-state index in [0.717, 1.165) is 42.5 Å². The number of rotatable bonds is 7. The van der Waals surface area contributed by atoms with Crippen molar-refractivity contribution in [1.29, 1.82) is 0 Å². The minimum Gasteiger partial charge on any atom is -0.512 e. The molecule has 0 spiro atoms. The summed E-state index contributed by atoms with van der Waals surface area (Å²) in [5, 5.41) is 11.0. The van der Waals surface area contributed by atoms with Gasteiger partial charge in [-0.05, 0) is 59.4 Å². The number of carbonyl (C=O) groups is 1. The van der Waals surface area contributed by atoms with Crippen LogP contribution in [0.5, 0.6) is 0 Å². The van der Waals surface area contributed by atoms with Crippen LogP contribution in [-0.2, 0) is 35.7 Å². The Balaban J connectivity index is 0.000000239. The summed E-state index contributed by atoms with van der Waals surface area (Å²) in [5.74, 6) is 0.547. The number of nitrogens with zero attached hydrogens (tertiary/aromatic N) is 1. The molecule has 233 valence electrons. The molecule has 0 aliphatic heterocycles. The van der Waals surface area contributed by atoms with Crippen LogP contribution >= 0.6 is 0 Å². The van der Waals surface area contributed by atoms with Gasteiger partial charge in [0.05, 0.1) is 11.3 Å². The smallest absolute Gasteiger partial charge is 0.162 e. The second kappa shape index (κ2) is 13.1. The Morgan fingerprint density at radius 3 is 1.98 bits per heavy atom. The number of para-hydroxylation sites is 1. The average molecular weight is 765 g/mol. The molecule has 1 N–H and O–H groups in total. The number of carbonyl (C=O) groups excluding carboxylic acids is 1. The van der Waals surface area contributed by atoms with Gasteiger partial charge in [0.2, 0.25) is 0 Å². The van der Waals surface area contributed by atoms with E-state index in [1.165, 1.54) is 44.8 Å². The fraction of sp³-hybridized carbons (Fsp3) is 0.400. The fourth-order valence-corrected chi connectivity index (χ4v) is 7.18. The Morgan fingerprint density at radius 2 is 1.36 bits per heavy atom. The van der Waals surface area contributed by atoms with Crippen LogP contribution in [0.25, 0.3) is 33.3 Å². The largest absolute Gasteiger partial charge is 0.512 e.